The zero-order chi connectivity index (χ0) is 14.4. The Labute approximate surface area is 118 Å². The third-order valence-corrected chi connectivity index (χ3v) is 3.80. The van der Waals surface area contributed by atoms with Crippen LogP contribution in [0.1, 0.15) is 34.2 Å². The first kappa shape index (κ1) is 12.9. The van der Waals surface area contributed by atoms with E-state index in [2.05, 4.69) is 31.1 Å². The van der Waals surface area contributed by atoms with Crippen LogP contribution >= 0.6 is 0 Å². The molecule has 1 aromatic carbocycles. The van der Waals surface area contributed by atoms with Crippen LogP contribution in [-0.2, 0) is 7.05 Å². The fourth-order valence-corrected chi connectivity index (χ4v) is 2.71. The Morgan fingerprint density at radius 1 is 1.25 bits per heavy atom. The highest BCUT2D eigenvalue weighted by molar-refractivity contribution is 5.83. The molecule has 0 aliphatic heterocycles. The van der Waals surface area contributed by atoms with E-state index >= 15 is 0 Å². The highest BCUT2D eigenvalue weighted by atomic mass is 16.3. The number of nitrogens with two attached hydrogens (primary N) is 1. The van der Waals surface area contributed by atoms with E-state index in [4.69, 9.17) is 10.2 Å². The summed E-state index contributed by atoms with van der Waals surface area (Å²) >= 11 is 0. The second-order valence-electron chi connectivity index (χ2n) is 5.41. The first-order chi connectivity index (χ1) is 9.47. The van der Waals surface area contributed by atoms with Crippen molar-refractivity contribution < 1.29 is 4.42 Å². The molecule has 0 saturated heterocycles. The monoisotopic (exact) mass is 269 g/mol. The highest BCUT2D eigenvalue weighted by Crippen LogP contribution is 2.32. The first-order valence-corrected chi connectivity index (χ1v) is 6.72. The summed E-state index contributed by atoms with van der Waals surface area (Å²) in [5, 5.41) is 5.49. The van der Waals surface area contributed by atoms with Crippen molar-refractivity contribution in [2.45, 2.75) is 26.8 Å². The zero-order valence-electron chi connectivity index (χ0n) is 12.3. The maximum absolute atomic E-state index is 6.39. The molecule has 0 bridgehead atoms. The predicted octanol–water partition coefficient (Wildman–Crippen LogP) is 3.14. The normalized spacial score (nSPS) is 13.1. The molecule has 0 aliphatic rings. The molecule has 2 heterocycles. The molecule has 0 saturated carbocycles. The Kier molecular flexibility index (Phi) is 2.91. The van der Waals surface area contributed by atoms with E-state index in [1.807, 2.05) is 26.2 Å². The Morgan fingerprint density at radius 2 is 2.00 bits per heavy atom. The van der Waals surface area contributed by atoms with E-state index in [0.717, 1.165) is 33.6 Å². The number of aryl methyl sites for hydroxylation is 4. The largest absolute Gasteiger partial charge is 0.459 e. The lowest BCUT2D eigenvalue weighted by atomic mass is 10.0. The van der Waals surface area contributed by atoms with Crippen LogP contribution in [0.25, 0.3) is 11.0 Å². The van der Waals surface area contributed by atoms with Gasteiger partial charge in [0, 0.05) is 29.8 Å². The summed E-state index contributed by atoms with van der Waals surface area (Å²) in [7, 11) is 1.90. The van der Waals surface area contributed by atoms with Gasteiger partial charge in [0.15, 0.2) is 0 Å². The quantitative estimate of drug-likeness (QED) is 0.777. The number of benzene rings is 1. The molecule has 0 amide bonds. The van der Waals surface area contributed by atoms with Crippen LogP contribution in [0.4, 0.5) is 0 Å². The minimum absolute atomic E-state index is 0.281. The van der Waals surface area contributed by atoms with Crippen molar-refractivity contribution in [1.82, 2.24) is 9.78 Å². The van der Waals surface area contributed by atoms with Crippen molar-refractivity contribution in [2.75, 3.05) is 0 Å². The molecule has 3 rings (SSSR count). The molecule has 1 atom stereocenters. The minimum atomic E-state index is -0.281. The van der Waals surface area contributed by atoms with Crippen molar-refractivity contribution >= 4 is 11.0 Å². The van der Waals surface area contributed by atoms with Gasteiger partial charge in [0.1, 0.15) is 11.3 Å². The Bertz CT molecular complexity index is 782. The highest BCUT2D eigenvalue weighted by Gasteiger charge is 2.21. The van der Waals surface area contributed by atoms with Crippen molar-refractivity contribution in [2.24, 2.45) is 12.8 Å². The summed E-state index contributed by atoms with van der Waals surface area (Å²) in [6, 6.07) is 5.91. The lowest BCUT2D eigenvalue weighted by Crippen LogP contribution is -2.12. The number of rotatable bonds is 2. The maximum atomic E-state index is 6.39. The van der Waals surface area contributed by atoms with E-state index in [1.54, 1.807) is 4.68 Å². The Balaban J connectivity index is 2.14. The van der Waals surface area contributed by atoms with Gasteiger partial charge in [-0.25, -0.2) is 0 Å². The lowest BCUT2D eigenvalue weighted by Gasteiger charge is -2.08. The van der Waals surface area contributed by atoms with Gasteiger partial charge < -0.3 is 10.2 Å². The molecule has 0 spiro atoms. The number of nitrogens with zero attached hydrogens (tertiary/aromatic N) is 2. The molecular weight excluding hydrogens is 250 g/mol. The van der Waals surface area contributed by atoms with Crippen LogP contribution in [0.3, 0.4) is 0 Å². The topological polar surface area (TPSA) is 57.0 Å². The summed E-state index contributed by atoms with van der Waals surface area (Å²) in [5.41, 5.74) is 11.6. The van der Waals surface area contributed by atoms with Crippen molar-refractivity contribution in [3.05, 3.63) is 52.5 Å². The number of hydrogen-bond donors (Lipinski definition) is 1. The lowest BCUT2D eigenvalue weighted by molar-refractivity contribution is 0.520. The average Bonchev–Trinajstić information content (AvgIpc) is 2.90. The molecule has 4 heteroatoms. The standard InChI is InChI=1S/C16H19N3O/c1-9-5-6-14-12(7-9)10(2)16(20-14)15(17)13-8-19(4)18-11(13)3/h5-8,15H,17H2,1-4H3. The minimum Gasteiger partial charge on any atom is -0.459 e. The number of hydrogen-bond acceptors (Lipinski definition) is 3. The van der Waals surface area contributed by atoms with Crippen LogP contribution < -0.4 is 5.73 Å². The summed E-state index contributed by atoms with van der Waals surface area (Å²) in [5.74, 6) is 0.821. The summed E-state index contributed by atoms with van der Waals surface area (Å²) in [6.07, 6.45) is 1.96. The van der Waals surface area contributed by atoms with Gasteiger partial charge in [-0.1, -0.05) is 11.6 Å². The fourth-order valence-electron chi connectivity index (χ4n) is 2.71. The van der Waals surface area contributed by atoms with Gasteiger partial charge in [-0.2, -0.15) is 5.10 Å². The molecule has 0 aliphatic carbocycles. The molecule has 0 fully saturated rings. The third-order valence-electron chi connectivity index (χ3n) is 3.80. The van der Waals surface area contributed by atoms with Gasteiger partial charge in [0.25, 0.3) is 0 Å². The van der Waals surface area contributed by atoms with E-state index in [0.29, 0.717) is 0 Å². The predicted molar refractivity (Wildman–Crippen MR) is 79.7 cm³/mol. The molecule has 104 valence electrons. The number of aromatic nitrogens is 2. The van der Waals surface area contributed by atoms with Gasteiger partial charge in [-0.05, 0) is 32.9 Å². The van der Waals surface area contributed by atoms with Crippen molar-refractivity contribution in [3.63, 3.8) is 0 Å². The molecule has 1 unspecified atom stereocenters. The van der Waals surface area contributed by atoms with Gasteiger partial charge in [-0.15, -0.1) is 0 Å². The zero-order valence-corrected chi connectivity index (χ0v) is 12.3. The maximum Gasteiger partial charge on any atom is 0.134 e. The Morgan fingerprint density at radius 3 is 2.65 bits per heavy atom. The van der Waals surface area contributed by atoms with Crippen LogP contribution in [-0.4, -0.2) is 9.78 Å². The third kappa shape index (κ3) is 1.93. The van der Waals surface area contributed by atoms with E-state index in [9.17, 15) is 0 Å². The summed E-state index contributed by atoms with van der Waals surface area (Å²) < 4.78 is 7.76. The molecule has 3 aromatic rings. The average molecular weight is 269 g/mol. The first-order valence-electron chi connectivity index (χ1n) is 6.72. The van der Waals surface area contributed by atoms with E-state index in [-0.39, 0.29) is 6.04 Å². The molecular formula is C16H19N3O. The van der Waals surface area contributed by atoms with Crippen molar-refractivity contribution in [1.29, 1.82) is 0 Å². The smallest absolute Gasteiger partial charge is 0.134 e. The van der Waals surface area contributed by atoms with Gasteiger partial charge in [0.2, 0.25) is 0 Å². The van der Waals surface area contributed by atoms with Crippen molar-refractivity contribution in [3.8, 4) is 0 Å². The Hall–Kier alpha value is -2.07. The number of fused-ring (bicyclic) bond motifs is 1. The van der Waals surface area contributed by atoms with Gasteiger partial charge in [0.05, 0.1) is 11.7 Å². The molecule has 4 nitrogen and oxygen atoms in total. The van der Waals surface area contributed by atoms with Gasteiger partial charge in [-0.3, -0.25) is 4.68 Å². The van der Waals surface area contributed by atoms with Crippen LogP contribution in [0.5, 0.6) is 0 Å². The molecule has 2 aromatic heterocycles. The van der Waals surface area contributed by atoms with Crippen LogP contribution in [0, 0.1) is 20.8 Å². The van der Waals surface area contributed by atoms with Crippen LogP contribution in [0.15, 0.2) is 28.8 Å². The van der Waals surface area contributed by atoms with E-state index < -0.39 is 0 Å². The SMILES string of the molecule is Cc1ccc2oc(C(N)c3cn(C)nc3C)c(C)c2c1. The van der Waals surface area contributed by atoms with E-state index in [1.165, 1.54) is 5.56 Å². The fraction of sp³-hybridized carbons (Fsp3) is 0.312. The molecule has 0 radical (unpaired) electrons. The van der Waals surface area contributed by atoms with Crippen LogP contribution in [0.2, 0.25) is 0 Å². The molecule has 2 N–H and O–H groups in total. The summed E-state index contributed by atoms with van der Waals surface area (Å²) in [6.45, 7) is 6.11. The molecule has 20 heavy (non-hydrogen) atoms. The van der Waals surface area contributed by atoms with Gasteiger partial charge >= 0.3 is 0 Å². The number of furan rings is 1. The second-order valence-corrected chi connectivity index (χ2v) is 5.41. The second kappa shape index (κ2) is 4.49. The summed E-state index contributed by atoms with van der Waals surface area (Å²) in [4.78, 5) is 0.